The molecule has 0 unspecified atom stereocenters. The second-order valence-electron chi connectivity index (χ2n) is 10.4. The van der Waals surface area contributed by atoms with Crippen LogP contribution in [0.5, 0.6) is 0 Å². The van der Waals surface area contributed by atoms with E-state index in [2.05, 4.69) is 0 Å². The largest absolute Gasteiger partial charge is 0.595 e. The molecule has 61 heavy (non-hydrogen) atoms. The zero-order chi connectivity index (χ0) is 50.7. The van der Waals surface area contributed by atoms with Crippen molar-refractivity contribution in [1.82, 2.24) is 5.12 Å². The van der Waals surface area contributed by atoms with Gasteiger partial charge in [-0.3, -0.25) is 0 Å². The van der Waals surface area contributed by atoms with Crippen molar-refractivity contribution in [3.8, 4) is 0 Å². The van der Waals surface area contributed by atoms with Crippen LogP contribution in [-0.2, 0) is 13.3 Å². The average molecular weight is 1040 g/mol. The van der Waals surface area contributed by atoms with Crippen LogP contribution in [0.1, 0.15) is 0 Å². The van der Waals surface area contributed by atoms with Gasteiger partial charge in [-0.2, -0.15) is 167 Å². The van der Waals surface area contributed by atoms with E-state index >= 15 is 0 Å². The van der Waals surface area contributed by atoms with Crippen molar-refractivity contribution in [3.05, 3.63) is 0 Å². The molecule has 44 heteroatoms. The lowest BCUT2D eigenvalue weighted by Crippen LogP contribution is -2.80. The summed E-state index contributed by atoms with van der Waals surface area (Å²) in [7, 11) is -12.0. The molecule has 0 aromatic rings. The normalized spacial score (nSPS) is 17.1. The molecule has 0 amide bonds. The summed E-state index contributed by atoms with van der Waals surface area (Å²) >= 11 is 0. The zero-order valence-electron chi connectivity index (χ0n) is 25.4. The van der Waals surface area contributed by atoms with E-state index in [-0.39, 0.29) is 0 Å². The molecule has 0 spiro atoms. The highest BCUT2D eigenvalue weighted by Gasteiger charge is 2.98. The maximum atomic E-state index is 14.9. The number of hydrogen-bond donors (Lipinski definition) is 0. The molecule has 0 bridgehead atoms. The molecular formula is C17F39NO3Si. The maximum absolute atomic E-state index is 14.9. The van der Waals surface area contributed by atoms with Gasteiger partial charge in [-0.05, 0) is 5.12 Å². The first-order valence-corrected chi connectivity index (χ1v) is 14.0. The first-order valence-electron chi connectivity index (χ1n) is 12.3. The fraction of sp³-hybridized carbons (Fsp3) is 1.00. The van der Waals surface area contributed by atoms with Gasteiger partial charge in [0, 0.05) is 0 Å². The molecule has 0 fully saturated rings. The Morgan fingerprint density at radius 3 is 0.656 bits per heavy atom. The van der Waals surface area contributed by atoms with Crippen molar-refractivity contribution >= 4 is 8.80 Å². The van der Waals surface area contributed by atoms with Crippen molar-refractivity contribution in [1.29, 1.82) is 0 Å². The van der Waals surface area contributed by atoms with Gasteiger partial charge in [-0.1, -0.05) is 0 Å². The van der Waals surface area contributed by atoms with Gasteiger partial charge < -0.3 is 13.3 Å². The minimum atomic E-state index is -12.0. The van der Waals surface area contributed by atoms with E-state index in [1.807, 2.05) is 0 Å². The Hall–Kier alpha value is -2.67. The van der Waals surface area contributed by atoms with Gasteiger partial charge in [0.15, 0.2) is 0 Å². The number of alkyl halides is 38. The monoisotopic (exact) mass is 1030 g/mol. The van der Waals surface area contributed by atoms with Gasteiger partial charge in [-0.15, -0.1) is 4.48 Å². The molecule has 0 aliphatic carbocycles. The van der Waals surface area contributed by atoms with E-state index in [9.17, 15) is 171 Å². The third-order valence-corrected chi connectivity index (χ3v) is 8.79. The van der Waals surface area contributed by atoms with Crippen molar-refractivity contribution in [3.63, 3.8) is 0 Å². The molecule has 0 rings (SSSR count). The van der Waals surface area contributed by atoms with Crippen molar-refractivity contribution in [2.24, 2.45) is 0 Å². The second kappa shape index (κ2) is 14.7. The topological polar surface area (TPSA) is 30.9 Å². The molecule has 0 heterocycles. The van der Waals surface area contributed by atoms with Gasteiger partial charge >= 0.3 is 111 Å². The van der Waals surface area contributed by atoms with E-state index in [1.165, 1.54) is 0 Å². The van der Waals surface area contributed by atoms with Crippen LogP contribution in [-0.4, -0.2) is 116 Å². The van der Waals surface area contributed by atoms with Crippen LogP contribution in [0.15, 0.2) is 0 Å². The molecule has 368 valence electrons. The lowest BCUT2D eigenvalue weighted by molar-refractivity contribution is -0.502. The van der Waals surface area contributed by atoms with Crippen molar-refractivity contribution in [2.45, 2.75) is 102 Å². The summed E-state index contributed by atoms with van der Waals surface area (Å²) in [6.45, 7) is 0. The summed E-state index contributed by atoms with van der Waals surface area (Å²) in [6.07, 6.45) is -60.6. The summed E-state index contributed by atoms with van der Waals surface area (Å²) < 4.78 is 525. The van der Waals surface area contributed by atoms with Gasteiger partial charge in [-0.25, -0.2) is 0 Å². The highest BCUT2D eigenvalue weighted by molar-refractivity contribution is 6.64. The zero-order valence-corrected chi connectivity index (χ0v) is 26.4. The molecule has 0 saturated heterocycles. The summed E-state index contributed by atoms with van der Waals surface area (Å²) in [5.74, 6) is -69.0. The fourth-order valence-electron chi connectivity index (χ4n) is 2.89. The van der Waals surface area contributed by atoms with E-state index < -0.39 is 116 Å². The lowest BCUT2D eigenvalue weighted by Gasteiger charge is -2.46. The summed E-state index contributed by atoms with van der Waals surface area (Å²) in [5, 5.41) is -6.22. The summed E-state index contributed by atoms with van der Waals surface area (Å²) in [6, 6.07) is -20.2. The molecule has 4 nitrogen and oxygen atoms in total. The number of halogens is 39. The standard InChI is InChI=1S/C17F39NO3Si/c18-1(19,3(22,23)5(26,27)8(32,33)34)2(20,21)4(24,25)6(28,29)12(44,45)57(56)13(46,47)7(30,31)17(54,55)61(58-14(48,49)9(35,36)37,59-15(50,51)10(38,39)40)60-16(52,53)11(41,42)43. The molecule has 0 N–H and O–H groups in total. The van der Waals surface area contributed by atoms with E-state index in [0.29, 0.717) is 0 Å². The predicted molar refractivity (Wildman–Crippen MR) is 100 cm³/mol. The van der Waals surface area contributed by atoms with E-state index in [1.54, 1.807) is 0 Å². The Kier molecular flexibility index (Phi) is 14.0. The molecule has 0 saturated carbocycles. The Morgan fingerprint density at radius 2 is 0.443 bits per heavy atom. The third-order valence-electron chi connectivity index (χ3n) is 6.13. The van der Waals surface area contributed by atoms with Crippen LogP contribution in [0.2, 0.25) is 0 Å². The fourth-order valence-corrected chi connectivity index (χ4v) is 5.30. The van der Waals surface area contributed by atoms with Crippen LogP contribution in [0.4, 0.5) is 171 Å². The number of rotatable bonds is 17. The first-order chi connectivity index (χ1) is 25.5. The Bertz CT molecular complexity index is 1480. The smallest absolute Gasteiger partial charge is 0.302 e. The molecule has 0 radical (unpaired) electrons. The summed E-state index contributed by atoms with van der Waals surface area (Å²) in [5.41, 5.74) is -10.2. The molecule has 0 aromatic heterocycles. The van der Waals surface area contributed by atoms with Crippen molar-refractivity contribution < 1.29 is 185 Å². The SMILES string of the molecule is FN(C(F)(F)C(F)(F)C(F)(F)C(F)(F)C(F)(F)C(F)(F)C(F)(F)C(F)(F)F)C(F)(F)C(F)(F)C(F)(F)[Si](OC(F)(F)C(F)(F)F)(OC(F)(F)C(F)(F)F)OC(F)(F)C(F)(F)F. The maximum Gasteiger partial charge on any atom is 0.595 e. The van der Waals surface area contributed by atoms with Crippen LogP contribution < -0.4 is 0 Å². The molecule has 0 aromatic carbocycles. The molecular weight excluding hydrogens is 1040 g/mol. The minimum Gasteiger partial charge on any atom is -0.302 e. The molecule has 0 aliphatic rings. The second-order valence-corrected chi connectivity index (χ2v) is 12.7. The number of hydrogen-bond acceptors (Lipinski definition) is 4. The van der Waals surface area contributed by atoms with E-state index in [4.69, 9.17) is 0 Å². The minimum absolute atomic E-state index is 0.972. The van der Waals surface area contributed by atoms with E-state index in [0.717, 1.165) is 13.3 Å². The van der Waals surface area contributed by atoms with Crippen molar-refractivity contribution in [2.75, 3.05) is 0 Å². The quantitative estimate of drug-likeness (QED) is 0.0629. The number of nitrogens with zero attached hydrogens (tertiary/aromatic N) is 1. The first kappa shape index (κ1) is 58.3. The highest BCUT2D eigenvalue weighted by Crippen LogP contribution is 2.66. The van der Waals surface area contributed by atoms with Gasteiger partial charge in [0.2, 0.25) is 0 Å². The average Bonchev–Trinajstić information content (AvgIpc) is 2.96. The molecule has 0 atom stereocenters. The van der Waals surface area contributed by atoms with Crippen LogP contribution in [0, 0.1) is 0 Å². The Balaban J connectivity index is 8.46. The van der Waals surface area contributed by atoms with Gasteiger partial charge in [0.05, 0.1) is 0 Å². The van der Waals surface area contributed by atoms with Crippen LogP contribution in [0.3, 0.4) is 0 Å². The summed E-state index contributed by atoms with van der Waals surface area (Å²) in [4.78, 5) is 0. The van der Waals surface area contributed by atoms with Crippen LogP contribution in [0.25, 0.3) is 0 Å². The Morgan fingerprint density at radius 1 is 0.246 bits per heavy atom. The van der Waals surface area contributed by atoms with Gasteiger partial charge in [0.25, 0.3) is 0 Å². The Labute approximate surface area is 302 Å². The van der Waals surface area contributed by atoms with Crippen LogP contribution >= 0.6 is 0 Å². The highest BCUT2D eigenvalue weighted by atomic mass is 28.4. The lowest BCUT2D eigenvalue weighted by atomic mass is 9.90. The third kappa shape index (κ3) is 8.42. The van der Waals surface area contributed by atoms with Gasteiger partial charge in [0.1, 0.15) is 0 Å². The predicted octanol–water partition coefficient (Wildman–Crippen LogP) is 12.0. The molecule has 0 aliphatic heterocycles.